The number of rotatable bonds is 7. The first kappa shape index (κ1) is 22.8. The zero-order chi connectivity index (χ0) is 21.8. The van der Waals surface area contributed by atoms with Crippen LogP contribution < -0.4 is 14.8 Å². The predicted molar refractivity (Wildman–Crippen MR) is 111 cm³/mol. The van der Waals surface area contributed by atoms with Crippen LogP contribution in [-0.4, -0.2) is 48.4 Å². The van der Waals surface area contributed by atoms with Gasteiger partial charge in [-0.3, -0.25) is 4.79 Å². The minimum Gasteiger partial charge on any atom is -0.454 e. The first-order valence-electron chi connectivity index (χ1n) is 10.1. The second-order valence-electron chi connectivity index (χ2n) is 9.17. The van der Waals surface area contributed by atoms with E-state index in [9.17, 15) is 9.59 Å². The van der Waals surface area contributed by atoms with Crippen LogP contribution in [0.3, 0.4) is 0 Å². The zero-order valence-corrected chi connectivity index (χ0v) is 18.6. The Bertz CT molecular complexity index is 739. The molecule has 0 spiro atoms. The van der Waals surface area contributed by atoms with Gasteiger partial charge in [0.2, 0.25) is 12.7 Å². The molecule has 0 saturated carbocycles. The molecule has 1 heterocycles. The Labute approximate surface area is 173 Å². The average Bonchev–Trinajstić information content (AvgIpc) is 3.07. The van der Waals surface area contributed by atoms with Gasteiger partial charge < -0.3 is 24.4 Å². The molecule has 1 atom stereocenters. The van der Waals surface area contributed by atoms with Gasteiger partial charge in [-0.15, -0.1) is 0 Å². The monoisotopic (exact) mass is 406 g/mol. The van der Waals surface area contributed by atoms with Crippen LogP contribution in [0.4, 0.5) is 4.79 Å². The highest BCUT2D eigenvalue weighted by Gasteiger charge is 2.30. The zero-order valence-electron chi connectivity index (χ0n) is 18.6. The van der Waals surface area contributed by atoms with Gasteiger partial charge in [-0.25, -0.2) is 4.79 Å². The van der Waals surface area contributed by atoms with Crippen LogP contribution in [0, 0.1) is 5.41 Å². The third-order valence-electron chi connectivity index (χ3n) is 4.76. The average molecular weight is 407 g/mol. The third-order valence-corrected chi connectivity index (χ3v) is 4.76. The molecule has 7 nitrogen and oxygen atoms in total. The van der Waals surface area contributed by atoms with Gasteiger partial charge in [-0.2, -0.15) is 0 Å². The molecule has 1 N–H and O–H groups in total. The smallest absolute Gasteiger partial charge is 0.410 e. The van der Waals surface area contributed by atoms with E-state index in [4.69, 9.17) is 14.2 Å². The standard InChI is InChI=1S/C22H34N2O5/c1-8-24(15(2)11-16-9-10-17-18(12-16)29-14-28-17)20(26)27-13-22(6,7)23-19(25)21(3,4)5/h9-10,12,15H,8,11,13-14H2,1-7H3,(H,23,25). The topological polar surface area (TPSA) is 77.1 Å². The van der Waals surface area contributed by atoms with E-state index >= 15 is 0 Å². The Morgan fingerprint density at radius 2 is 1.83 bits per heavy atom. The molecule has 1 aliphatic heterocycles. The van der Waals surface area contributed by atoms with Crippen LogP contribution in [0.1, 0.15) is 54.0 Å². The summed E-state index contributed by atoms with van der Waals surface area (Å²) in [5, 5.41) is 2.94. The molecule has 0 aromatic heterocycles. The third kappa shape index (κ3) is 6.27. The fourth-order valence-corrected chi connectivity index (χ4v) is 3.00. The summed E-state index contributed by atoms with van der Waals surface area (Å²) in [6.45, 7) is 14.0. The van der Waals surface area contributed by atoms with Crippen molar-refractivity contribution in [1.29, 1.82) is 0 Å². The summed E-state index contributed by atoms with van der Waals surface area (Å²) in [5.74, 6) is 1.39. The Morgan fingerprint density at radius 3 is 2.45 bits per heavy atom. The second kappa shape index (κ2) is 8.93. The van der Waals surface area contributed by atoms with Crippen LogP contribution in [0.25, 0.3) is 0 Å². The lowest BCUT2D eigenvalue weighted by Crippen LogP contribution is -2.52. The summed E-state index contributed by atoms with van der Waals surface area (Å²) < 4.78 is 16.3. The molecule has 1 aromatic carbocycles. The number of likely N-dealkylation sites (N-methyl/N-ethyl adjacent to an activating group) is 1. The van der Waals surface area contributed by atoms with E-state index in [0.717, 1.165) is 17.1 Å². The maximum atomic E-state index is 12.7. The van der Waals surface area contributed by atoms with Crippen molar-refractivity contribution in [2.24, 2.45) is 5.41 Å². The largest absolute Gasteiger partial charge is 0.454 e. The molecule has 0 fully saturated rings. The summed E-state index contributed by atoms with van der Waals surface area (Å²) in [6.07, 6.45) is 0.280. The van der Waals surface area contributed by atoms with E-state index in [-0.39, 0.29) is 31.4 Å². The van der Waals surface area contributed by atoms with Crippen molar-refractivity contribution in [3.63, 3.8) is 0 Å². The molecule has 2 rings (SSSR count). The molecule has 7 heteroatoms. The van der Waals surface area contributed by atoms with Gasteiger partial charge in [0.1, 0.15) is 6.61 Å². The van der Waals surface area contributed by atoms with Gasteiger partial charge in [0.15, 0.2) is 11.5 Å². The summed E-state index contributed by atoms with van der Waals surface area (Å²) in [4.78, 5) is 26.6. The Hall–Kier alpha value is -2.44. The number of nitrogens with zero attached hydrogens (tertiary/aromatic N) is 1. The SMILES string of the molecule is CCN(C(=O)OCC(C)(C)NC(=O)C(C)(C)C)C(C)Cc1ccc2c(c1)OCO2. The molecule has 0 bridgehead atoms. The number of fused-ring (bicyclic) bond motifs is 1. The fourth-order valence-electron chi connectivity index (χ4n) is 3.00. The van der Waals surface area contributed by atoms with Crippen molar-refractivity contribution in [2.45, 2.75) is 66.5 Å². The highest BCUT2D eigenvalue weighted by Crippen LogP contribution is 2.33. The van der Waals surface area contributed by atoms with E-state index in [1.807, 2.05) is 66.7 Å². The molecule has 29 heavy (non-hydrogen) atoms. The molecule has 2 amide bonds. The van der Waals surface area contributed by atoms with Crippen LogP contribution in [-0.2, 0) is 16.0 Å². The quantitative estimate of drug-likeness (QED) is 0.746. The first-order chi connectivity index (χ1) is 13.4. The van der Waals surface area contributed by atoms with Crippen molar-refractivity contribution in [1.82, 2.24) is 10.2 Å². The van der Waals surface area contributed by atoms with E-state index < -0.39 is 11.0 Å². The Kier molecular flexibility index (Phi) is 7.03. The predicted octanol–water partition coefficient (Wildman–Crippen LogP) is 3.75. The van der Waals surface area contributed by atoms with Crippen molar-refractivity contribution < 1.29 is 23.8 Å². The maximum absolute atomic E-state index is 12.7. The minimum atomic E-state index is -0.653. The lowest BCUT2D eigenvalue weighted by atomic mass is 9.93. The number of hydrogen-bond donors (Lipinski definition) is 1. The molecule has 1 aromatic rings. The minimum absolute atomic E-state index is 0.0554. The highest BCUT2D eigenvalue weighted by atomic mass is 16.7. The van der Waals surface area contributed by atoms with Crippen molar-refractivity contribution in [3.8, 4) is 11.5 Å². The lowest BCUT2D eigenvalue weighted by Gasteiger charge is -2.32. The lowest BCUT2D eigenvalue weighted by molar-refractivity contribution is -0.130. The van der Waals surface area contributed by atoms with Gasteiger partial charge in [0.25, 0.3) is 0 Å². The Balaban J connectivity index is 1.92. The van der Waals surface area contributed by atoms with Crippen molar-refractivity contribution in [3.05, 3.63) is 23.8 Å². The van der Waals surface area contributed by atoms with Crippen molar-refractivity contribution >= 4 is 12.0 Å². The number of benzene rings is 1. The highest BCUT2D eigenvalue weighted by molar-refractivity contribution is 5.82. The van der Waals surface area contributed by atoms with E-state index in [1.54, 1.807) is 4.90 Å². The van der Waals surface area contributed by atoms with Crippen LogP contribution in [0.2, 0.25) is 0 Å². The molecule has 1 aliphatic rings. The van der Waals surface area contributed by atoms with Gasteiger partial charge in [0, 0.05) is 18.0 Å². The van der Waals surface area contributed by atoms with Crippen LogP contribution in [0.15, 0.2) is 18.2 Å². The number of ether oxygens (including phenoxy) is 3. The van der Waals surface area contributed by atoms with Gasteiger partial charge >= 0.3 is 6.09 Å². The molecule has 162 valence electrons. The van der Waals surface area contributed by atoms with E-state index in [0.29, 0.717) is 13.0 Å². The summed E-state index contributed by atoms with van der Waals surface area (Å²) >= 11 is 0. The maximum Gasteiger partial charge on any atom is 0.410 e. The Morgan fingerprint density at radius 1 is 1.17 bits per heavy atom. The van der Waals surface area contributed by atoms with E-state index in [2.05, 4.69) is 5.32 Å². The summed E-state index contributed by atoms with van der Waals surface area (Å²) in [7, 11) is 0. The molecule has 1 unspecified atom stereocenters. The molecule has 0 saturated heterocycles. The molecular formula is C22H34N2O5. The second-order valence-corrected chi connectivity index (χ2v) is 9.17. The van der Waals surface area contributed by atoms with Gasteiger partial charge in [0.05, 0.1) is 5.54 Å². The van der Waals surface area contributed by atoms with Crippen LogP contribution >= 0.6 is 0 Å². The summed E-state index contributed by atoms with van der Waals surface area (Å²) in [5.41, 5.74) is -0.0960. The normalized spacial score (nSPS) is 14.3. The van der Waals surface area contributed by atoms with Gasteiger partial charge in [-0.05, 0) is 51.8 Å². The number of carbonyl (C=O) groups is 2. The molecule has 0 aliphatic carbocycles. The van der Waals surface area contributed by atoms with Crippen LogP contribution in [0.5, 0.6) is 11.5 Å². The molecular weight excluding hydrogens is 372 g/mol. The summed E-state index contributed by atoms with van der Waals surface area (Å²) in [6, 6.07) is 5.76. The number of amides is 2. The van der Waals surface area contributed by atoms with E-state index in [1.165, 1.54) is 0 Å². The number of nitrogens with one attached hydrogen (secondary N) is 1. The van der Waals surface area contributed by atoms with Crippen molar-refractivity contribution in [2.75, 3.05) is 19.9 Å². The van der Waals surface area contributed by atoms with Gasteiger partial charge in [-0.1, -0.05) is 26.8 Å². The molecule has 0 radical (unpaired) electrons. The first-order valence-corrected chi connectivity index (χ1v) is 10.1. The number of carbonyl (C=O) groups excluding carboxylic acids is 2. The number of hydrogen-bond acceptors (Lipinski definition) is 5. The fraction of sp³-hybridized carbons (Fsp3) is 0.636.